The lowest BCUT2D eigenvalue weighted by Crippen LogP contribution is -2.60. The van der Waals surface area contributed by atoms with Gasteiger partial charge in [-0.05, 0) is 73.5 Å². The number of esters is 1. The van der Waals surface area contributed by atoms with Crippen LogP contribution in [0.15, 0.2) is 0 Å². The second-order valence-electron chi connectivity index (χ2n) is 15.0. The molecule has 4 N–H and O–H groups in total. The Morgan fingerprint density at radius 3 is 2.36 bits per heavy atom. The molecule has 13 atom stereocenters. The van der Waals surface area contributed by atoms with Gasteiger partial charge in [0.15, 0.2) is 17.7 Å². The van der Waals surface area contributed by atoms with Gasteiger partial charge in [-0.2, -0.15) is 0 Å². The fourth-order valence-corrected chi connectivity index (χ4v) is 7.52. The van der Waals surface area contributed by atoms with Crippen molar-refractivity contribution in [3.05, 3.63) is 0 Å². The molecule has 272 valence electrons. The van der Waals surface area contributed by atoms with Crippen molar-refractivity contribution >= 4 is 17.8 Å². The summed E-state index contributed by atoms with van der Waals surface area (Å²) in [4.78, 5) is 42.2. The van der Waals surface area contributed by atoms with Crippen molar-refractivity contribution in [2.75, 3.05) is 34.3 Å². The van der Waals surface area contributed by atoms with Gasteiger partial charge in [-0.1, -0.05) is 34.6 Å². The van der Waals surface area contributed by atoms with Gasteiger partial charge in [0.05, 0.1) is 23.9 Å². The van der Waals surface area contributed by atoms with Crippen molar-refractivity contribution in [3.8, 4) is 0 Å². The van der Waals surface area contributed by atoms with Crippen LogP contribution < -0.4 is 16.0 Å². The summed E-state index contributed by atoms with van der Waals surface area (Å²) in [7, 11) is 5.41. The number of hydrogen-bond donors (Lipinski definition) is 4. The zero-order valence-corrected chi connectivity index (χ0v) is 30.6. The summed E-state index contributed by atoms with van der Waals surface area (Å²) in [6, 6.07) is -0.733. The molecule has 0 aromatic carbocycles. The molecule has 3 saturated heterocycles. The SMILES string of the molecule is CC[C@H]1OC(=O)[C@H](C)C(=O)[C@H](C)[C@@H](O[C@@H]2OC(CNC(C)C)CC(N(C)C)C2O)[C@](C)(OC)C[C@@H](C)CN[C@H](C)[C@H]2NC(=O)O[C@@]21C. The zero-order chi connectivity index (χ0) is 35.4. The fraction of sp³-hybridized carbons (Fsp3) is 0.912. The number of rotatable bonds is 8. The van der Waals surface area contributed by atoms with Crippen LogP contribution in [0, 0.1) is 17.8 Å². The minimum absolute atomic E-state index is 0.0252. The topological polar surface area (TPSA) is 157 Å². The van der Waals surface area contributed by atoms with Crippen LogP contribution in [0.3, 0.4) is 0 Å². The Bertz CT molecular complexity index is 1080. The second-order valence-corrected chi connectivity index (χ2v) is 15.0. The van der Waals surface area contributed by atoms with Crippen LogP contribution in [0.4, 0.5) is 4.79 Å². The van der Waals surface area contributed by atoms with Gasteiger partial charge in [-0.15, -0.1) is 0 Å². The first-order chi connectivity index (χ1) is 21.9. The van der Waals surface area contributed by atoms with Gasteiger partial charge < -0.3 is 49.6 Å². The number of ether oxygens (including phenoxy) is 5. The monoisotopic (exact) mass is 670 g/mol. The van der Waals surface area contributed by atoms with E-state index < -0.39 is 65.7 Å². The maximum absolute atomic E-state index is 14.2. The van der Waals surface area contributed by atoms with Crippen LogP contribution in [-0.2, 0) is 33.3 Å². The number of amides is 1. The van der Waals surface area contributed by atoms with E-state index in [1.165, 1.54) is 6.92 Å². The molecule has 3 rings (SSSR count). The highest BCUT2D eigenvalue weighted by molar-refractivity contribution is 6.00. The molecule has 0 bridgehead atoms. The number of alkyl carbamates (subject to hydrolysis) is 1. The number of nitrogens with zero attached hydrogens (tertiary/aromatic N) is 1. The number of aliphatic hydroxyl groups excluding tert-OH is 1. The molecule has 47 heavy (non-hydrogen) atoms. The van der Waals surface area contributed by atoms with Gasteiger partial charge in [0.1, 0.15) is 18.1 Å². The third-order valence-electron chi connectivity index (χ3n) is 10.5. The number of likely N-dealkylation sites (N-methyl/N-ethyl adjacent to an activating group) is 1. The minimum Gasteiger partial charge on any atom is -0.458 e. The second kappa shape index (κ2) is 16.2. The summed E-state index contributed by atoms with van der Waals surface area (Å²) in [5, 5.41) is 21.4. The third kappa shape index (κ3) is 9.03. The standard InChI is InChI=1S/C34H62N4O9/c1-13-25-34(9)28(37-32(42)47-34)22(7)36-16-19(4)15-33(8,43-12)29(20(5)26(39)21(6)30(41)45-25)46-31-27(40)24(38(10)11)14-23(44-31)17-35-18(2)3/h18-25,27-29,31,35-36,40H,13-17H2,1-12H3,(H,37,42)/t19-,20+,21-,22-,23?,24?,25-,27?,28-,29-,31+,33-,34-/m1/s1. The van der Waals surface area contributed by atoms with Crippen molar-refractivity contribution in [2.24, 2.45) is 17.8 Å². The van der Waals surface area contributed by atoms with Crippen LogP contribution >= 0.6 is 0 Å². The molecule has 0 aromatic rings. The van der Waals surface area contributed by atoms with Crippen molar-refractivity contribution in [2.45, 2.75) is 148 Å². The summed E-state index contributed by atoms with van der Waals surface area (Å²) in [6.07, 6.45) is -3.10. The Morgan fingerprint density at radius 2 is 1.79 bits per heavy atom. The molecule has 0 spiro atoms. The molecule has 3 fully saturated rings. The number of methoxy groups -OCH3 is 1. The Labute approximate surface area is 281 Å². The first kappa shape index (κ1) is 39.6. The minimum atomic E-state index is -1.16. The molecule has 3 aliphatic rings. The molecule has 3 heterocycles. The number of carbonyl (C=O) groups excluding carboxylic acids is 3. The van der Waals surface area contributed by atoms with E-state index in [9.17, 15) is 19.5 Å². The molecular weight excluding hydrogens is 608 g/mol. The number of hydrogen-bond acceptors (Lipinski definition) is 12. The summed E-state index contributed by atoms with van der Waals surface area (Å²) < 4.78 is 31.0. The first-order valence-corrected chi connectivity index (χ1v) is 17.3. The van der Waals surface area contributed by atoms with Crippen molar-refractivity contribution in [3.63, 3.8) is 0 Å². The number of ketones is 1. The Kier molecular flexibility index (Phi) is 13.7. The molecule has 13 heteroatoms. The fourth-order valence-electron chi connectivity index (χ4n) is 7.52. The smallest absolute Gasteiger partial charge is 0.408 e. The first-order valence-electron chi connectivity index (χ1n) is 17.3. The number of nitrogens with one attached hydrogen (secondary N) is 3. The van der Waals surface area contributed by atoms with E-state index >= 15 is 0 Å². The van der Waals surface area contributed by atoms with E-state index in [1.54, 1.807) is 21.0 Å². The van der Waals surface area contributed by atoms with Gasteiger partial charge >= 0.3 is 12.1 Å². The molecule has 3 aliphatic heterocycles. The highest BCUT2D eigenvalue weighted by Crippen LogP contribution is 2.37. The predicted octanol–water partition coefficient (Wildman–Crippen LogP) is 2.23. The quantitative estimate of drug-likeness (QED) is 0.221. The number of carbonyl (C=O) groups is 3. The van der Waals surface area contributed by atoms with E-state index in [4.69, 9.17) is 23.7 Å². The number of cyclic esters (lactones) is 1. The molecule has 1 amide bonds. The molecular formula is C34H62N4O9. The average molecular weight is 671 g/mol. The summed E-state index contributed by atoms with van der Waals surface area (Å²) >= 11 is 0. The van der Waals surface area contributed by atoms with Gasteiger partial charge in [0.25, 0.3) is 0 Å². The molecule has 3 unspecified atom stereocenters. The third-order valence-corrected chi connectivity index (χ3v) is 10.5. The lowest BCUT2D eigenvalue weighted by atomic mass is 9.78. The Hall–Kier alpha value is -1.87. The summed E-state index contributed by atoms with van der Waals surface area (Å²) in [5.74, 6) is -3.06. The van der Waals surface area contributed by atoms with Crippen LogP contribution in [0.2, 0.25) is 0 Å². The molecule has 0 radical (unpaired) electrons. The van der Waals surface area contributed by atoms with Gasteiger partial charge in [-0.3, -0.25) is 9.59 Å². The zero-order valence-electron chi connectivity index (χ0n) is 30.6. The van der Waals surface area contributed by atoms with E-state index in [-0.39, 0.29) is 35.9 Å². The average Bonchev–Trinajstić information content (AvgIpc) is 3.33. The van der Waals surface area contributed by atoms with Gasteiger partial charge in [0.2, 0.25) is 0 Å². The number of fused-ring (bicyclic) bond motifs is 1. The maximum Gasteiger partial charge on any atom is 0.408 e. The van der Waals surface area contributed by atoms with Crippen LogP contribution in [0.1, 0.15) is 81.6 Å². The van der Waals surface area contributed by atoms with E-state index in [0.29, 0.717) is 32.4 Å². The molecule has 0 aliphatic carbocycles. The van der Waals surface area contributed by atoms with Gasteiger partial charge in [-0.25, -0.2) is 4.79 Å². The lowest BCUT2D eigenvalue weighted by molar-refractivity contribution is -0.297. The normalized spacial score (nSPS) is 42.7. The van der Waals surface area contributed by atoms with Gasteiger partial charge in [0, 0.05) is 37.7 Å². The number of Topliss-reactive ketones (excluding diaryl/α,β-unsaturated/α-hetero) is 1. The molecule has 0 saturated carbocycles. The van der Waals surface area contributed by atoms with Crippen molar-refractivity contribution in [1.29, 1.82) is 0 Å². The largest absolute Gasteiger partial charge is 0.458 e. The van der Waals surface area contributed by atoms with Crippen LogP contribution in [0.25, 0.3) is 0 Å². The van der Waals surface area contributed by atoms with Crippen LogP contribution in [-0.4, -0.2) is 128 Å². The van der Waals surface area contributed by atoms with Crippen molar-refractivity contribution < 1.29 is 43.2 Å². The highest BCUT2D eigenvalue weighted by atomic mass is 16.7. The Balaban J connectivity index is 2.02. The predicted molar refractivity (Wildman–Crippen MR) is 177 cm³/mol. The Morgan fingerprint density at radius 1 is 1.13 bits per heavy atom. The number of aliphatic hydroxyl groups is 1. The summed E-state index contributed by atoms with van der Waals surface area (Å²) in [6.45, 7) is 18.0. The highest BCUT2D eigenvalue weighted by Gasteiger charge is 2.55. The van der Waals surface area contributed by atoms with E-state index in [0.717, 1.165) is 0 Å². The van der Waals surface area contributed by atoms with Crippen molar-refractivity contribution in [1.82, 2.24) is 20.9 Å². The van der Waals surface area contributed by atoms with E-state index in [1.807, 2.05) is 39.8 Å². The summed E-state index contributed by atoms with van der Waals surface area (Å²) in [5.41, 5.74) is -2.18. The molecule has 13 nitrogen and oxygen atoms in total. The lowest BCUT2D eigenvalue weighted by Gasteiger charge is -2.47. The molecule has 0 aromatic heterocycles. The van der Waals surface area contributed by atoms with Crippen LogP contribution in [0.5, 0.6) is 0 Å². The van der Waals surface area contributed by atoms with E-state index in [2.05, 4.69) is 36.7 Å². The maximum atomic E-state index is 14.2.